The van der Waals surface area contributed by atoms with Gasteiger partial charge in [0.1, 0.15) is 11.5 Å². The third-order valence-electron chi connectivity index (χ3n) is 2.59. The number of methoxy groups -OCH3 is 1. The van der Waals surface area contributed by atoms with Crippen LogP contribution in [-0.2, 0) is 6.42 Å². The second-order valence-corrected chi connectivity index (χ2v) is 5.64. The molecule has 102 valence electrons. The van der Waals surface area contributed by atoms with Gasteiger partial charge in [0.15, 0.2) is 5.82 Å². The maximum Gasteiger partial charge on any atom is 0.261 e. The summed E-state index contributed by atoms with van der Waals surface area (Å²) in [4.78, 5) is 4.31. The lowest BCUT2D eigenvalue weighted by atomic mass is 9.92. The van der Waals surface area contributed by atoms with Gasteiger partial charge in [0.2, 0.25) is 0 Å². The number of rotatable bonds is 3. The van der Waals surface area contributed by atoms with E-state index in [-0.39, 0.29) is 11.2 Å². The number of phenols is 1. The average molecular weight is 262 g/mol. The van der Waals surface area contributed by atoms with Gasteiger partial charge >= 0.3 is 0 Å². The second-order valence-electron chi connectivity index (χ2n) is 5.64. The van der Waals surface area contributed by atoms with E-state index in [0.717, 1.165) is 0 Å². The molecule has 1 aromatic carbocycles. The number of hydrogen-bond acceptors (Lipinski definition) is 5. The van der Waals surface area contributed by atoms with Crippen LogP contribution in [0.15, 0.2) is 22.7 Å². The predicted octanol–water partition coefficient (Wildman–Crippen LogP) is 3.04. The van der Waals surface area contributed by atoms with E-state index < -0.39 is 0 Å². The number of nitrogens with zero attached hydrogens (tertiary/aromatic N) is 2. The van der Waals surface area contributed by atoms with Gasteiger partial charge in [-0.15, -0.1) is 0 Å². The molecule has 5 nitrogen and oxygen atoms in total. The first-order chi connectivity index (χ1) is 8.89. The lowest BCUT2D eigenvalue weighted by Gasteiger charge is -2.14. The number of benzene rings is 1. The molecular weight excluding hydrogens is 244 g/mol. The van der Waals surface area contributed by atoms with Gasteiger partial charge in [-0.1, -0.05) is 25.9 Å². The molecule has 0 aliphatic heterocycles. The molecule has 2 aromatic rings. The summed E-state index contributed by atoms with van der Waals surface area (Å²) in [7, 11) is 1.56. The predicted molar refractivity (Wildman–Crippen MR) is 71.1 cm³/mol. The Labute approximate surface area is 112 Å². The van der Waals surface area contributed by atoms with E-state index in [0.29, 0.717) is 29.4 Å². The number of aromatic nitrogens is 2. The van der Waals surface area contributed by atoms with Gasteiger partial charge < -0.3 is 14.4 Å². The zero-order valence-corrected chi connectivity index (χ0v) is 11.6. The molecule has 5 heteroatoms. The van der Waals surface area contributed by atoms with Gasteiger partial charge in [-0.25, -0.2) is 0 Å². The third kappa shape index (κ3) is 3.24. The van der Waals surface area contributed by atoms with E-state index in [9.17, 15) is 5.11 Å². The summed E-state index contributed by atoms with van der Waals surface area (Å²) >= 11 is 0. The Morgan fingerprint density at radius 3 is 2.68 bits per heavy atom. The normalized spacial score (nSPS) is 11.6. The van der Waals surface area contributed by atoms with E-state index in [2.05, 4.69) is 30.9 Å². The summed E-state index contributed by atoms with van der Waals surface area (Å²) in [5, 5.41) is 13.8. The fourth-order valence-corrected chi connectivity index (χ4v) is 1.72. The van der Waals surface area contributed by atoms with Crippen molar-refractivity contribution in [1.29, 1.82) is 0 Å². The molecular formula is C14H18N2O3. The molecule has 1 N–H and O–H groups in total. The van der Waals surface area contributed by atoms with Gasteiger partial charge in [-0.05, 0) is 23.6 Å². The van der Waals surface area contributed by atoms with Crippen LogP contribution in [0.25, 0.3) is 11.5 Å². The highest BCUT2D eigenvalue weighted by Crippen LogP contribution is 2.32. The zero-order valence-electron chi connectivity index (χ0n) is 11.6. The van der Waals surface area contributed by atoms with Crippen LogP contribution in [0.3, 0.4) is 0 Å². The van der Waals surface area contributed by atoms with Gasteiger partial charge in [0, 0.05) is 6.42 Å². The average Bonchev–Trinajstić information content (AvgIpc) is 2.75. The Kier molecular flexibility index (Phi) is 3.46. The Hall–Kier alpha value is -2.04. The fraction of sp³-hybridized carbons (Fsp3) is 0.429. The third-order valence-corrected chi connectivity index (χ3v) is 2.59. The summed E-state index contributed by atoms with van der Waals surface area (Å²) < 4.78 is 10.3. The van der Waals surface area contributed by atoms with Crippen LogP contribution in [0.4, 0.5) is 0 Å². The van der Waals surface area contributed by atoms with Crippen molar-refractivity contribution in [2.45, 2.75) is 27.2 Å². The van der Waals surface area contributed by atoms with Crippen molar-refractivity contribution in [2.24, 2.45) is 5.41 Å². The first-order valence-corrected chi connectivity index (χ1v) is 6.09. The largest absolute Gasteiger partial charge is 0.507 e. The van der Waals surface area contributed by atoms with Gasteiger partial charge in [-0.3, -0.25) is 0 Å². The Morgan fingerprint density at radius 2 is 2.05 bits per heavy atom. The Balaban J connectivity index is 2.32. The van der Waals surface area contributed by atoms with Crippen LogP contribution in [0.5, 0.6) is 11.5 Å². The molecule has 1 aromatic heterocycles. The van der Waals surface area contributed by atoms with Gasteiger partial charge in [0.25, 0.3) is 5.89 Å². The highest BCUT2D eigenvalue weighted by atomic mass is 16.5. The van der Waals surface area contributed by atoms with E-state index in [4.69, 9.17) is 9.26 Å². The minimum Gasteiger partial charge on any atom is -0.507 e. The second kappa shape index (κ2) is 4.91. The lowest BCUT2D eigenvalue weighted by Crippen LogP contribution is -2.10. The van der Waals surface area contributed by atoms with Crippen LogP contribution >= 0.6 is 0 Å². The summed E-state index contributed by atoms with van der Waals surface area (Å²) in [6, 6.07) is 4.89. The summed E-state index contributed by atoms with van der Waals surface area (Å²) in [5.41, 5.74) is 0.560. The molecule has 0 unspecified atom stereocenters. The van der Waals surface area contributed by atoms with Crippen molar-refractivity contribution in [3.05, 3.63) is 24.0 Å². The number of phenolic OH excluding ortho intramolecular Hbond substituents is 1. The lowest BCUT2D eigenvalue weighted by molar-refractivity contribution is 0.373. The molecule has 0 bridgehead atoms. The van der Waals surface area contributed by atoms with E-state index >= 15 is 0 Å². The highest BCUT2D eigenvalue weighted by molar-refractivity contribution is 5.64. The first kappa shape index (κ1) is 13.4. The van der Waals surface area contributed by atoms with Crippen molar-refractivity contribution in [1.82, 2.24) is 10.1 Å². The molecule has 0 amide bonds. The smallest absolute Gasteiger partial charge is 0.261 e. The Bertz CT molecular complexity index is 570. The first-order valence-electron chi connectivity index (χ1n) is 6.09. The van der Waals surface area contributed by atoms with Gasteiger partial charge in [0.05, 0.1) is 12.7 Å². The maximum atomic E-state index is 9.84. The molecule has 0 spiro atoms. The van der Waals surface area contributed by atoms with Crippen molar-refractivity contribution >= 4 is 0 Å². The highest BCUT2D eigenvalue weighted by Gasteiger charge is 2.18. The van der Waals surface area contributed by atoms with Crippen molar-refractivity contribution in [3.63, 3.8) is 0 Å². The summed E-state index contributed by atoms with van der Waals surface area (Å²) in [6.45, 7) is 6.31. The molecule has 19 heavy (non-hydrogen) atoms. The zero-order chi connectivity index (χ0) is 14.0. The maximum absolute atomic E-state index is 9.84. The van der Waals surface area contributed by atoms with Crippen LogP contribution in [0.1, 0.15) is 26.6 Å². The molecule has 0 saturated heterocycles. The molecule has 0 saturated carbocycles. The monoisotopic (exact) mass is 262 g/mol. The Morgan fingerprint density at radius 1 is 1.32 bits per heavy atom. The van der Waals surface area contributed by atoms with Crippen LogP contribution in [0, 0.1) is 5.41 Å². The minimum absolute atomic E-state index is 0.0809. The van der Waals surface area contributed by atoms with Crippen molar-refractivity contribution in [2.75, 3.05) is 7.11 Å². The number of hydrogen-bond donors (Lipinski definition) is 1. The summed E-state index contributed by atoms with van der Waals surface area (Å²) in [5.74, 6) is 1.65. The molecule has 0 aliphatic carbocycles. The number of ether oxygens (including phenoxy) is 1. The van der Waals surface area contributed by atoms with Crippen LogP contribution in [-0.4, -0.2) is 22.4 Å². The van der Waals surface area contributed by atoms with Crippen molar-refractivity contribution in [3.8, 4) is 23.0 Å². The molecule has 0 aliphatic rings. The van der Waals surface area contributed by atoms with Crippen molar-refractivity contribution < 1.29 is 14.4 Å². The molecule has 0 fully saturated rings. The molecule has 0 atom stereocenters. The topological polar surface area (TPSA) is 68.4 Å². The summed E-state index contributed by atoms with van der Waals surface area (Å²) in [6.07, 6.45) is 0.710. The van der Waals surface area contributed by atoms with Crippen LogP contribution < -0.4 is 4.74 Å². The minimum atomic E-state index is 0.0809. The van der Waals surface area contributed by atoms with Gasteiger partial charge in [-0.2, -0.15) is 4.98 Å². The molecule has 2 rings (SSSR count). The van der Waals surface area contributed by atoms with E-state index in [1.54, 1.807) is 25.3 Å². The molecule has 1 heterocycles. The van der Waals surface area contributed by atoms with E-state index in [1.165, 1.54) is 0 Å². The van der Waals surface area contributed by atoms with Crippen LogP contribution in [0.2, 0.25) is 0 Å². The standard InChI is InChI=1S/C14H18N2O3/c1-14(2,3)8-12-15-13(19-16-12)10-7-9(18-4)5-6-11(10)17/h5-7,17H,8H2,1-4H3. The van der Waals surface area contributed by atoms with E-state index in [1.807, 2.05) is 0 Å². The fourth-order valence-electron chi connectivity index (χ4n) is 1.72. The SMILES string of the molecule is COc1ccc(O)c(-c2nc(CC(C)(C)C)no2)c1. The quantitative estimate of drug-likeness (QED) is 0.920. The molecule has 0 radical (unpaired) electrons. The number of aromatic hydroxyl groups is 1.